The first-order valence-electron chi connectivity index (χ1n) is 6.71. The van der Waals surface area contributed by atoms with Crippen LogP contribution in [0.3, 0.4) is 0 Å². The molecule has 1 saturated heterocycles. The van der Waals surface area contributed by atoms with Crippen molar-refractivity contribution in [2.24, 2.45) is 5.92 Å². The first-order valence-corrected chi connectivity index (χ1v) is 8.15. The molecule has 0 spiro atoms. The first kappa shape index (κ1) is 15.1. The van der Waals surface area contributed by atoms with Crippen LogP contribution in [0, 0.1) is 5.92 Å². The molecule has 0 unspecified atom stereocenters. The highest BCUT2D eigenvalue weighted by molar-refractivity contribution is 7.89. The lowest BCUT2D eigenvalue weighted by molar-refractivity contribution is 0.286. The summed E-state index contributed by atoms with van der Waals surface area (Å²) in [6.45, 7) is 3.27. The van der Waals surface area contributed by atoms with E-state index in [1.165, 1.54) is 24.6 Å². The number of ether oxygens (including phenoxy) is 2. The van der Waals surface area contributed by atoms with Gasteiger partial charge in [-0.15, -0.1) is 0 Å². The third kappa shape index (κ3) is 2.91. The van der Waals surface area contributed by atoms with Gasteiger partial charge in [0.15, 0.2) is 0 Å². The van der Waals surface area contributed by atoms with Crippen LogP contribution in [0.1, 0.15) is 19.8 Å². The Hall–Kier alpha value is -1.27. The maximum atomic E-state index is 12.7. The molecule has 1 fully saturated rings. The SMILES string of the molecule is COc1ccc(OC)c(S(=O)(=O)N2CCC(C)CC2)c1. The Morgan fingerprint density at radius 1 is 1.15 bits per heavy atom. The Morgan fingerprint density at radius 3 is 2.35 bits per heavy atom. The molecule has 0 radical (unpaired) electrons. The number of nitrogens with zero attached hydrogens (tertiary/aromatic N) is 1. The van der Waals surface area contributed by atoms with Gasteiger partial charge in [0.05, 0.1) is 14.2 Å². The molecule has 20 heavy (non-hydrogen) atoms. The van der Waals surface area contributed by atoms with Crippen LogP contribution < -0.4 is 9.47 Å². The van der Waals surface area contributed by atoms with Gasteiger partial charge in [-0.2, -0.15) is 4.31 Å². The summed E-state index contributed by atoms with van der Waals surface area (Å²) in [6.07, 6.45) is 1.79. The second-order valence-electron chi connectivity index (χ2n) is 5.10. The monoisotopic (exact) mass is 299 g/mol. The van der Waals surface area contributed by atoms with Gasteiger partial charge >= 0.3 is 0 Å². The zero-order chi connectivity index (χ0) is 14.8. The zero-order valence-corrected chi connectivity index (χ0v) is 12.9. The fourth-order valence-corrected chi connectivity index (χ4v) is 3.99. The summed E-state index contributed by atoms with van der Waals surface area (Å²) in [5.41, 5.74) is 0. The number of sulfonamides is 1. The van der Waals surface area contributed by atoms with Gasteiger partial charge in [0.2, 0.25) is 10.0 Å². The molecule has 0 bridgehead atoms. The van der Waals surface area contributed by atoms with Gasteiger partial charge in [0.1, 0.15) is 16.4 Å². The predicted molar refractivity (Wildman–Crippen MR) is 76.7 cm³/mol. The molecule has 5 nitrogen and oxygen atoms in total. The molecule has 112 valence electrons. The standard InChI is InChI=1S/C14H21NO4S/c1-11-6-8-15(9-7-11)20(16,17)14-10-12(18-2)4-5-13(14)19-3/h4-5,10-11H,6-9H2,1-3H3. The number of hydrogen-bond donors (Lipinski definition) is 0. The minimum Gasteiger partial charge on any atom is -0.497 e. The summed E-state index contributed by atoms with van der Waals surface area (Å²) >= 11 is 0. The molecule has 0 aromatic heterocycles. The van der Waals surface area contributed by atoms with Crippen LogP contribution in [0.25, 0.3) is 0 Å². The maximum absolute atomic E-state index is 12.7. The van der Waals surface area contributed by atoms with Crippen LogP contribution in [0.5, 0.6) is 11.5 Å². The van der Waals surface area contributed by atoms with E-state index in [-0.39, 0.29) is 4.90 Å². The third-order valence-corrected chi connectivity index (χ3v) is 5.65. The molecule has 0 N–H and O–H groups in total. The lowest BCUT2D eigenvalue weighted by Crippen LogP contribution is -2.38. The number of rotatable bonds is 4. The van der Waals surface area contributed by atoms with Crippen molar-refractivity contribution >= 4 is 10.0 Å². The fraction of sp³-hybridized carbons (Fsp3) is 0.571. The van der Waals surface area contributed by atoms with Crippen LogP contribution >= 0.6 is 0 Å². The van der Waals surface area contributed by atoms with Gasteiger partial charge in [-0.25, -0.2) is 8.42 Å². The third-order valence-electron chi connectivity index (χ3n) is 3.73. The number of methoxy groups -OCH3 is 2. The van der Waals surface area contributed by atoms with E-state index in [1.807, 2.05) is 0 Å². The summed E-state index contributed by atoms with van der Waals surface area (Å²) < 4.78 is 37.3. The van der Waals surface area contributed by atoms with E-state index in [2.05, 4.69) is 6.92 Å². The van der Waals surface area contributed by atoms with Gasteiger partial charge in [-0.05, 0) is 30.9 Å². The highest BCUT2D eigenvalue weighted by atomic mass is 32.2. The van der Waals surface area contributed by atoms with Gasteiger partial charge in [0.25, 0.3) is 0 Å². The second-order valence-corrected chi connectivity index (χ2v) is 7.01. The minimum atomic E-state index is -3.53. The Bertz CT molecular complexity index is 563. The molecule has 6 heteroatoms. The molecule has 1 aliphatic heterocycles. The number of hydrogen-bond acceptors (Lipinski definition) is 4. The van der Waals surface area contributed by atoms with E-state index in [0.29, 0.717) is 30.5 Å². The molecule has 1 aromatic carbocycles. The van der Waals surface area contributed by atoms with Gasteiger partial charge < -0.3 is 9.47 Å². The first-order chi connectivity index (χ1) is 9.48. The van der Waals surface area contributed by atoms with Crippen molar-refractivity contribution < 1.29 is 17.9 Å². The Balaban J connectivity index is 2.37. The van der Waals surface area contributed by atoms with Crippen molar-refractivity contribution in [3.05, 3.63) is 18.2 Å². The van der Waals surface area contributed by atoms with Gasteiger partial charge in [-0.3, -0.25) is 0 Å². The highest BCUT2D eigenvalue weighted by Crippen LogP contribution is 2.32. The average molecular weight is 299 g/mol. The number of piperidine rings is 1. The zero-order valence-electron chi connectivity index (χ0n) is 12.1. The summed E-state index contributed by atoms with van der Waals surface area (Å²) in [6, 6.07) is 4.83. The maximum Gasteiger partial charge on any atom is 0.246 e. The van der Waals surface area contributed by atoms with Crippen molar-refractivity contribution in [1.29, 1.82) is 0 Å². The van der Waals surface area contributed by atoms with Crippen LogP contribution in [0.2, 0.25) is 0 Å². The van der Waals surface area contributed by atoms with Crippen LogP contribution in [-0.4, -0.2) is 40.0 Å². The molecule has 0 amide bonds. The van der Waals surface area contributed by atoms with Crippen LogP contribution in [0.4, 0.5) is 0 Å². The molecule has 0 atom stereocenters. The van der Waals surface area contributed by atoms with E-state index in [4.69, 9.17) is 9.47 Å². The number of benzene rings is 1. The summed E-state index contributed by atoms with van der Waals surface area (Å²) in [5, 5.41) is 0. The smallest absolute Gasteiger partial charge is 0.246 e. The molecular weight excluding hydrogens is 278 g/mol. The van der Waals surface area contributed by atoms with Gasteiger partial charge in [0, 0.05) is 19.2 Å². The van der Waals surface area contributed by atoms with Crippen molar-refractivity contribution in [3.63, 3.8) is 0 Å². The largest absolute Gasteiger partial charge is 0.497 e. The molecule has 0 saturated carbocycles. The van der Waals surface area contributed by atoms with Gasteiger partial charge in [-0.1, -0.05) is 6.92 Å². The molecule has 0 aliphatic carbocycles. The lowest BCUT2D eigenvalue weighted by Gasteiger charge is -2.29. The average Bonchev–Trinajstić information content (AvgIpc) is 2.47. The Labute approximate surface area is 120 Å². The summed E-state index contributed by atoms with van der Waals surface area (Å²) in [7, 11) is -0.546. The summed E-state index contributed by atoms with van der Waals surface area (Å²) in [4.78, 5) is 0.175. The molecule has 1 aliphatic rings. The van der Waals surface area contributed by atoms with Crippen molar-refractivity contribution in [3.8, 4) is 11.5 Å². The second kappa shape index (κ2) is 6.01. The van der Waals surface area contributed by atoms with Crippen LogP contribution in [-0.2, 0) is 10.0 Å². The molecule has 1 aromatic rings. The van der Waals surface area contributed by atoms with E-state index in [9.17, 15) is 8.42 Å². The lowest BCUT2D eigenvalue weighted by atomic mass is 10.0. The van der Waals surface area contributed by atoms with E-state index in [0.717, 1.165) is 12.8 Å². The molecule has 2 rings (SSSR count). The highest BCUT2D eigenvalue weighted by Gasteiger charge is 2.30. The van der Waals surface area contributed by atoms with E-state index < -0.39 is 10.0 Å². The normalized spacial score (nSPS) is 17.9. The Kier molecular flexibility index (Phi) is 4.55. The molecular formula is C14H21NO4S. The summed E-state index contributed by atoms with van der Waals surface area (Å²) in [5.74, 6) is 1.44. The van der Waals surface area contributed by atoms with Crippen molar-refractivity contribution in [1.82, 2.24) is 4.31 Å². The Morgan fingerprint density at radius 2 is 1.80 bits per heavy atom. The molecule has 1 heterocycles. The quantitative estimate of drug-likeness (QED) is 0.854. The van der Waals surface area contributed by atoms with Crippen LogP contribution in [0.15, 0.2) is 23.1 Å². The topological polar surface area (TPSA) is 55.8 Å². The fourth-order valence-electron chi connectivity index (χ4n) is 2.35. The minimum absolute atomic E-state index is 0.175. The predicted octanol–water partition coefficient (Wildman–Crippen LogP) is 2.12. The van der Waals surface area contributed by atoms with Crippen molar-refractivity contribution in [2.45, 2.75) is 24.7 Å². The van der Waals surface area contributed by atoms with E-state index in [1.54, 1.807) is 12.1 Å². The van der Waals surface area contributed by atoms with E-state index >= 15 is 0 Å². The van der Waals surface area contributed by atoms with Crippen molar-refractivity contribution in [2.75, 3.05) is 27.3 Å².